The molecule has 3 heterocycles. The van der Waals surface area contributed by atoms with Gasteiger partial charge in [-0.05, 0) is 45.8 Å². The second-order valence-electron chi connectivity index (χ2n) is 6.25. The summed E-state index contributed by atoms with van der Waals surface area (Å²) >= 11 is 4.83. The molecule has 1 aromatic carbocycles. The van der Waals surface area contributed by atoms with Crippen molar-refractivity contribution in [3.8, 4) is 10.8 Å². The van der Waals surface area contributed by atoms with E-state index >= 15 is 0 Å². The molecule has 29 heavy (non-hydrogen) atoms. The molecule has 0 atom stereocenters. The molecule has 0 aliphatic carbocycles. The number of aromatic nitrogens is 2. The van der Waals surface area contributed by atoms with Crippen LogP contribution in [0.5, 0.6) is 0 Å². The van der Waals surface area contributed by atoms with E-state index in [1.165, 1.54) is 16.2 Å². The van der Waals surface area contributed by atoms with Crippen LogP contribution in [0.15, 0.2) is 44.6 Å². The lowest BCUT2D eigenvalue weighted by molar-refractivity contribution is -0.139. The number of hydrogen-bond acceptors (Lipinski definition) is 8. The lowest BCUT2D eigenvalue weighted by Crippen LogP contribution is -2.28. The lowest BCUT2D eigenvalue weighted by atomic mass is 10.1. The number of halogens is 1. The highest BCUT2D eigenvalue weighted by Crippen LogP contribution is 2.30. The number of carbonyl (C=O) groups excluding carboxylic acids is 3. The van der Waals surface area contributed by atoms with Crippen LogP contribution in [-0.2, 0) is 27.5 Å². The van der Waals surface area contributed by atoms with Crippen LogP contribution in [0, 0.1) is 0 Å². The van der Waals surface area contributed by atoms with Crippen LogP contribution in [0.25, 0.3) is 10.8 Å². The summed E-state index contributed by atoms with van der Waals surface area (Å²) in [4.78, 5) is 37.6. The lowest BCUT2D eigenvalue weighted by Gasteiger charge is -2.13. The number of imide groups is 1. The second kappa shape index (κ2) is 8.26. The van der Waals surface area contributed by atoms with Crippen molar-refractivity contribution in [1.82, 2.24) is 15.1 Å². The van der Waals surface area contributed by atoms with E-state index in [1.54, 1.807) is 24.3 Å². The van der Waals surface area contributed by atoms with Crippen molar-refractivity contribution in [2.45, 2.75) is 26.0 Å². The van der Waals surface area contributed by atoms with Gasteiger partial charge in [0.1, 0.15) is 0 Å². The predicted octanol–water partition coefficient (Wildman–Crippen LogP) is 3.57. The fourth-order valence-corrected chi connectivity index (χ4v) is 4.09. The number of benzene rings is 1. The van der Waals surface area contributed by atoms with E-state index in [-0.39, 0.29) is 43.7 Å². The highest BCUT2D eigenvalue weighted by Gasteiger charge is 2.28. The molecule has 0 unspecified atom stereocenters. The van der Waals surface area contributed by atoms with Gasteiger partial charge in [0.15, 0.2) is 6.61 Å². The van der Waals surface area contributed by atoms with Gasteiger partial charge in [-0.15, -0.1) is 21.5 Å². The molecule has 2 aromatic heterocycles. The van der Waals surface area contributed by atoms with Crippen molar-refractivity contribution in [2.75, 3.05) is 0 Å². The first-order chi connectivity index (χ1) is 14.0. The molecule has 8 nitrogen and oxygen atoms in total. The van der Waals surface area contributed by atoms with Gasteiger partial charge in [-0.2, -0.15) is 0 Å². The molecule has 1 fully saturated rings. The monoisotopic (exact) mass is 475 g/mol. The zero-order chi connectivity index (χ0) is 20.4. The minimum atomic E-state index is -0.538. The Morgan fingerprint density at radius 1 is 1.10 bits per heavy atom. The van der Waals surface area contributed by atoms with Crippen molar-refractivity contribution in [3.63, 3.8) is 0 Å². The number of thiophene rings is 1. The van der Waals surface area contributed by atoms with Crippen LogP contribution in [-0.4, -0.2) is 32.9 Å². The smallest absolute Gasteiger partial charge is 0.338 e. The van der Waals surface area contributed by atoms with Gasteiger partial charge in [0.2, 0.25) is 11.8 Å². The molecule has 0 radical (unpaired) electrons. The molecule has 10 heteroatoms. The predicted molar refractivity (Wildman–Crippen MR) is 106 cm³/mol. The summed E-state index contributed by atoms with van der Waals surface area (Å²) in [5, 5.41) is 7.83. The summed E-state index contributed by atoms with van der Waals surface area (Å²) in [6.07, 6.45) is 0.509. The number of esters is 1. The minimum Gasteiger partial charge on any atom is -0.452 e. The molecule has 2 amide bonds. The van der Waals surface area contributed by atoms with Gasteiger partial charge in [0.05, 0.1) is 20.8 Å². The normalized spacial score (nSPS) is 13.9. The third-order valence-electron chi connectivity index (χ3n) is 4.26. The number of ether oxygens (including phenoxy) is 1. The highest BCUT2D eigenvalue weighted by atomic mass is 79.9. The standard InChI is InChI=1S/C19H14BrN3O5S/c20-14-6-5-13(29-14)18-22-21-15(28-18)10-27-19(26)12-3-1-11(2-4-12)9-23-16(24)7-8-17(23)25/h1-6H,7-10H2. The van der Waals surface area contributed by atoms with Crippen LogP contribution in [0.1, 0.15) is 34.7 Å². The van der Waals surface area contributed by atoms with Crippen molar-refractivity contribution >= 4 is 45.1 Å². The van der Waals surface area contributed by atoms with Crippen molar-refractivity contribution < 1.29 is 23.5 Å². The molecule has 0 saturated carbocycles. The number of rotatable bonds is 6. The number of nitrogens with zero attached hydrogens (tertiary/aromatic N) is 3. The zero-order valence-electron chi connectivity index (χ0n) is 15.0. The first-order valence-corrected chi connectivity index (χ1v) is 10.3. The van der Waals surface area contributed by atoms with Gasteiger partial charge in [0.25, 0.3) is 11.8 Å². The van der Waals surface area contributed by atoms with Crippen molar-refractivity contribution in [3.05, 3.63) is 57.2 Å². The third kappa shape index (κ3) is 4.43. The molecule has 4 rings (SSSR count). The molecule has 0 N–H and O–H groups in total. The van der Waals surface area contributed by atoms with E-state index in [2.05, 4.69) is 26.1 Å². The summed E-state index contributed by atoms with van der Waals surface area (Å²) in [6.45, 7) is 0.0630. The summed E-state index contributed by atoms with van der Waals surface area (Å²) in [5.41, 5.74) is 1.10. The maximum absolute atomic E-state index is 12.2. The molecule has 3 aromatic rings. The van der Waals surface area contributed by atoms with E-state index in [4.69, 9.17) is 9.15 Å². The number of amides is 2. The Labute approximate surface area is 177 Å². The molecular weight excluding hydrogens is 462 g/mol. The Morgan fingerprint density at radius 2 is 1.83 bits per heavy atom. The van der Waals surface area contributed by atoms with Gasteiger partial charge in [0, 0.05) is 12.8 Å². The van der Waals surface area contributed by atoms with E-state index in [1.807, 2.05) is 12.1 Å². The molecule has 1 aliphatic heterocycles. The van der Waals surface area contributed by atoms with E-state index in [0.717, 1.165) is 14.2 Å². The van der Waals surface area contributed by atoms with Gasteiger partial charge in [-0.3, -0.25) is 14.5 Å². The van der Waals surface area contributed by atoms with Crippen LogP contribution < -0.4 is 0 Å². The Hall–Kier alpha value is -2.85. The maximum atomic E-state index is 12.2. The van der Waals surface area contributed by atoms with E-state index in [0.29, 0.717) is 11.5 Å². The summed E-state index contributed by atoms with van der Waals surface area (Å²) < 4.78 is 11.7. The zero-order valence-corrected chi connectivity index (χ0v) is 17.4. The fraction of sp³-hybridized carbons (Fsp3) is 0.211. The average molecular weight is 476 g/mol. The summed E-state index contributed by atoms with van der Waals surface area (Å²) in [6, 6.07) is 10.3. The Morgan fingerprint density at radius 3 is 2.48 bits per heavy atom. The highest BCUT2D eigenvalue weighted by molar-refractivity contribution is 9.11. The second-order valence-corrected chi connectivity index (χ2v) is 8.71. The van der Waals surface area contributed by atoms with Crippen molar-refractivity contribution in [1.29, 1.82) is 0 Å². The van der Waals surface area contributed by atoms with E-state index < -0.39 is 5.97 Å². The molecule has 0 spiro atoms. The maximum Gasteiger partial charge on any atom is 0.338 e. The Bertz CT molecular complexity index is 1060. The Balaban J connectivity index is 1.33. The summed E-state index contributed by atoms with van der Waals surface area (Å²) in [7, 11) is 0. The fourth-order valence-electron chi connectivity index (χ4n) is 2.78. The molecule has 1 saturated heterocycles. The number of likely N-dealkylation sites (tertiary alicyclic amines) is 1. The molecule has 1 aliphatic rings. The molecule has 148 valence electrons. The van der Waals surface area contributed by atoms with Gasteiger partial charge in [-0.1, -0.05) is 12.1 Å². The van der Waals surface area contributed by atoms with Crippen LogP contribution in [0.2, 0.25) is 0 Å². The quantitative estimate of drug-likeness (QED) is 0.396. The Kier molecular flexibility index (Phi) is 5.54. The van der Waals surface area contributed by atoms with Crippen LogP contribution in [0.3, 0.4) is 0 Å². The SMILES string of the molecule is O=C(OCc1nnc(-c2ccc(Br)s2)o1)c1ccc(CN2C(=O)CCC2=O)cc1. The first kappa shape index (κ1) is 19.5. The van der Waals surface area contributed by atoms with Gasteiger partial charge in [-0.25, -0.2) is 4.79 Å². The summed E-state index contributed by atoms with van der Waals surface area (Å²) in [5.74, 6) is -0.328. The van der Waals surface area contributed by atoms with Gasteiger partial charge < -0.3 is 9.15 Å². The van der Waals surface area contributed by atoms with Gasteiger partial charge >= 0.3 is 5.97 Å². The third-order valence-corrected chi connectivity index (χ3v) is 5.87. The largest absolute Gasteiger partial charge is 0.452 e. The molecular formula is C19H14BrN3O5S. The average Bonchev–Trinajstić information content (AvgIpc) is 3.43. The van der Waals surface area contributed by atoms with Crippen molar-refractivity contribution in [2.24, 2.45) is 0 Å². The number of hydrogen-bond donors (Lipinski definition) is 0. The minimum absolute atomic E-state index is 0.142. The van der Waals surface area contributed by atoms with Crippen LogP contribution >= 0.6 is 27.3 Å². The first-order valence-electron chi connectivity index (χ1n) is 8.67. The number of carbonyl (C=O) groups is 3. The van der Waals surface area contributed by atoms with Crippen LogP contribution in [0.4, 0.5) is 0 Å². The topological polar surface area (TPSA) is 103 Å². The van der Waals surface area contributed by atoms with E-state index in [9.17, 15) is 14.4 Å². The molecule has 0 bridgehead atoms.